The molecule has 1 aromatic heterocycles. The molecule has 4 N–H and O–H groups in total. The average Bonchev–Trinajstić information content (AvgIpc) is 3.10. The van der Waals surface area contributed by atoms with Gasteiger partial charge in [-0.3, -0.25) is 5.10 Å². The van der Waals surface area contributed by atoms with E-state index in [1.807, 2.05) is 62.4 Å². The standard InChI is InChI=1S/C20H23N5O2/c1-13-8-9-16(19-21-14(2)24-25-19)11-18(13)23-20(27)22-17(12-26)10-15-6-4-3-5-7-15/h3-9,11,17,26H,10,12H2,1-2H3,(H,21,24,25)(H2,22,23,27). The van der Waals surface area contributed by atoms with Crippen LogP contribution in [0.4, 0.5) is 10.5 Å². The summed E-state index contributed by atoms with van der Waals surface area (Å²) in [5, 5.41) is 22.2. The summed E-state index contributed by atoms with van der Waals surface area (Å²) in [7, 11) is 0. The van der Waals surface area contributed by atoms with E-state index < -0.39 is 0 Å². The van der Waals surface area contributed by atoms with Gasteiger partial charge in [-0.05, 0) is 37.5 Å². The Kier molecular flexibility index (Phi) is 5.83. The number of amides is 2. The zero-order chi connectivity index (χ0) is 19.2. The molecule has 3 rings (SSSR count). The van der Waals surface area contributed by atoms with Gasteiger partial charge in [0, 0.05) is 11.3 Å². The van der Waals surface area contributed by atoms with Gasteiger partial charge in [-0.15, -0.1) is 0 Å². The van der Waals surface area contributed by atoms with Crippen molar-refractivity contribution in [3.63, 3.8) is 0 Å². The van der Waals surface area contributed by atoms with E-state index in [1.165, 1.54) is 0 Å². The molecule has 0 saturated heterocycles. The first kappa shape index (κ1) is 18.6. The van der Waals surface area contributed by atoms with Crippen LogP contribution in [0.3, 0.4) is 0 Å². The van der Waals surface area contributed by atoms with Crippen LogP contribution in [-0.4, -0.2) is 39.0 Å². The minimum Gasteiger partial charge on any atom is -0.394 e. The molecule has 27 heavy (non-hydrogen) atoms. The first-order valence-corrected chi connectivity index (χ1v) is 8.77. The number of aromatic amines is 1. The molecule has 1 heterocycles. The number of aliphatic hydroxyl groups is 1. The summed E-state index contributed by atoms with van der Waals surface area (Å²) in [5.41, 5.74) is 3.45. The Morgan fingerprint density at radius 1 is 1.19 bits per heavy atom. The van der Waals surface area contributed by atoms with Crippen LogP contribution in [-0.2, 0) is 6.42 Å². The van der Waals surface area contributed by atoms with E-state index in [4.69, 9.17) is 0 Å². The molecule has 0 radical (unpaired) electrons. The van der Waals surface area contributed by atoms with Crippen molar-refractivity contribution in [1.82, 2.24) is 20.5 Å². The van der Waals surface area contributed by atoms with Gasteiger partial charge in [-0.1, -0.05) is 42.5 Å². The number of anilines is 1. The monoisotopic (exact) mass is 365 g/mol. The number of aromatic nitrogens is 3. The van der Waals surface area contributed by atoms with Crippen LogP contribution in [0.2, 0.25) is 0 Å². The van der Waals surface area contributed by atoms with Crippen LogP contribution in [0.1, 0.15) is 17.0 Å². The molecule has 7 nitrogen and oxygen atoms in total. The number of hydrogen-bond acceptors (Lipinski definition) is 4. The first-order chi connectivity index (χ1) is 13.0. The molecular formula is C20H23N5O2. The summed E-state index contributed by atoms with van der Waals surface area (Å²) in [4.78, 5) is 16.7. The second-order valence-corrected chi connectivity index (χ2v) is 6.44. The number of nitrogens with one attached hydrogen (secondary N) is 3. The highest BCUT2D eigenvalue weighted by Gasteiger charge is 2.14. The maximum atomic E-state index is 12.4. The third kappa shape index (κ3) is 4.92. The van der Waals surface area contributed by atoms with E-state index in [2.05, 4.69) is 25.8 Å². The second kappa shape index (κ2) is 8.46. The van der Waals surface area contributed by atoms with Crippen molar-refractivity contribution in [2.24, 2.45) is 0 Å². The molecule has 7 heteroatoms. The van der Waals surface area contributed by atoms with E-state index >= 15 is 0 Å². The van der Waals surface area contributed by atoms with Crippen LogP contribution in [0.25, 0.3) is 11.4 Å². The highest BCUT2D eigenvalue weighted by atomic mass is 16.3. The van der Waals surface area contributed by atoms with Gasteiger partial charge in [0.05, 0.1) is 12.6 Å². The van der Waals surface area contributed by atoms with Gasteiger partial charge in [-0.2, -0.15) is 5.10 Å². The quantitative estimate of drug-likeness (QED) is 0.539. The molecule has 0 fully saturated rings. The van der Waals surface area contributed by atoms with Crippen molar-refractivity contribution in [2.45, 2.75) is 26.3 Å². The number of urea groups is 1. The highest BCUT2D eigenvalue weighted by molar-refractivity contribution is 5.91. The van der Waals surface area contributed by atoms with Gasteiger partial charge < -0.3 is 15.7 Å². The SMILES string of the molecule is Cc1nc(-c2ccc(C)c(NC(=O)NC(CO)Cc3ccccc3)c2)n[nH]1. The van der Waals surface area contributed by atoms with Gasteiger partial charge in [0.25, 0.3) is 0 Å². The van der Waals surface area contributed by atoms with Gasteiger partial charge >= 0.3 is 6.03 Å². The van der Waals surface area contributed by atoms with Gasteiger partial charge in [0.2, 0.25) is 0 Å². The summed E-state index contributed by atoms with van der Waals surface area (Å²) in [5.74, 6) is 1.30. The molecule has 0 aliphatic carbocycles. The maximum absolute atomic E-state index is 12.4. The largest absolute Gasteiger partial charge is 0.394 e. The van der Waals surface area contributed by atoms with E-state index in [-0.39, 0.29) is 18.7 Å². The smallest absolute Gasteiger partial charge is 0.319 e. The molecule has 0 bridgehead atoms. The average molecular weight is 365 g/mol. The molecule has 0 spiro atoms. The minimum atomic E-state index is -0.369. The summed E-state index contributed by atoms with van der Waals surface area (Å²) in [6.07, 6.45) is 0.556. The lowest BCUT2D eigenvalue weighted by atomic mass is 10.1. The van der Waals surface area contributed by atoms with Crippen molar-refractivity contribution in [3.05, 3.63) is 65.5 Å². The van der Waals surface area contributed by atoms with Crippen molar-refractivity contribution in [1.29, 1.82) is 0 Å². The number of carbonyl (C=O) groups is 1. The van der Waals surface area contributed by atoms with Crippen molar-refractivity contribution in [2.75, 3.05) is 11.9 Å². The van der Waals surface area contributed by atoms with Crippen molar-refractivity contribution >= 4 is 11.7 Å². The number of carbonyl (C=O) groups excluding carboxylic acids is 1. The molecule has 1 unspecified atom stereocenters. The lowest BCUT2D eigenvalue weighted by Gasteiger charge is -2.18. The van der Waals surface area contributed by atoms with E-state index in [1.54, 1.807) is 0 Å². The number of aryl methyl sites for hydroxylation is 2. The molecule has 1 atom stereocenters. The predicted molar refractivity (Wildman–Crippen MR) is 104 cm³/mol. The van der Waals surface area contributed by atoms with Gasteiger partial charge in [0.1, 0.15) is 5.82 Å². The number of aliphatic hydroxyl groups excluding tert-OH is 1. The van der Waals surface area contributed by atoms with Crippen LogP contribution in [0.15, 0.2) is 48.5 Å². The Bertz CT molecular complexity index is 908. The highest BCUT2D eigenvalue weighted by Crippen LogP contribution is 2.23. The van der Waals surface area contributed by atoms with Crippen LogP contribution < -0.4 is 10.6 Å². The zero-order valence-corrected chi connectivity index (χ0v) is 15.4. The number of hydrogen-bond donors (Lipinski definition) is 4. The Labute approximate surface area is 157 Å². The predicted octanol–water partition coefficient (Wildman–Crippen LogP) is 2.81. The summed E-state index contributed by atoms with van der Waals surface area (Å²) >= 11 is 0. The topological polar surface area (TPSA) is 103 Å². The summed E-state index contributed by atoms with van der Waals surface area (Å²) < 4.78 is 0. The second-order valence-electron chi connectivity index (χ2n) is 6.44. The molecule has 0 aliphatic heterocycles. The molecular weight excluding hydrogens is 342 g/mol. The maximum Gasteiger partial charge on any atom is 0.319 e. The summed E-state index contributed by atoms with van der Waals surface area (Å²) in [6, 6.07) is 14.7. The lowest BCUT2D eigenvalue weighted by molar-refractivity contribution is 0.224. The lowest BCUT2D eigenvalue weighted by Crippen LogP contribution is -2.41. The molecule has 140 valence electrons. The summed E-state index contributed by atoms with van der Waals surface area (Å²) in [6.45, 7) is 3.60. The number of nitrogens with zero attached hydrogens (tertiary/aromatic N) is 2. The fourth-order valence-electron chi connectivity index (χ4n) is 2.77. The van der Waals surface area contributed by atoms with Crippen molar-refractivity contribution in [3.8, 4) is 11.4 Å². The number of rotatable bonds is 6. The van der Waals surface area contributed by atoms with Gasteiger partial charge in [-0.25, -0.2) is 9.78 Å². The Balaban J connectivity index is 1.67. The molecule has 3 aromatic rings. The normalized spacial score (nSPS) is 11.8. The third-order valence-electron chi connectivity index (χ3n) is 4.22. The van der Waals surface area contributed by atoms with E-state index in [0.717, 1.165) is 22.5 Å². The number of H-pyrrole nitrogens is 1. The van der Waals surface area contributed by atoms with E-state index in [9.17, 15) is 9.90 Å². The van der Waals surface area contributed by atoms with E-state index in [0.29, 0.717) is 17.9 Å². The fourth-order valence-corrected chi connectivity index (χ4v) is 2.77. The van der Waals surface area contributed by atoms with Gasteiger partial charge in [0.15, 0.2) is 5.82 Å². The molecule has 0 saturated carbocycles. The zero-order valence-electron chi connectivity index (χ0n) is 15.4. The third-order valence-corrected chi connectivity index (χ3v) is 4.22. The Morgan fingerprint density at radius 3 is 2.63 bits per heavy atom. The van der Waals surface area contributed by atoms with Crippen LogP contribution in [0, 0.1) is 13.8 Å². The van der Waals surface area contributed by atoms with Crippen LogP contribution in [0.5, 0.6) is 0 Å². The molecule has 2 amide bonds. The fraction of sp³-hybridized carbons (Fsp3) is 0.250. The number of benzene rings is 2. The Hall–Kier alpha value is -3.19. The molecule has 0 aliphatic rings. The first-order valence-electron chi connectivity index (χ1n) is 8.77. The van der Waals surface area contributed by atoms with Crippen molar-refractivity contribution < 1.29 is 9.90 Å². The molecule has 2 aromatic carbocycles. The Morgan fingerprint density at radius 2 is 1.96 bits per heavy atom. The minimum absolute atomic E-state index is 0.141. The van der Waals surface area contributed by atoms with Crippen LogP contribution >= 0.6 is 0 Å².